The minimum absolute atomic E-state index is 0.0275. The van der Waals surface area contributed by atoms with Crippen molar-refractivity contribution >= 4 is 11.7 Å². The average molecular weight is 254 g/mol. The zero-order valence-corrected chi connectivity index (χ0v) is 10.6. The summed E-state index contributed by atoms with van der Waals surface area (Å²) in [7, 11) is 0. The second kappa shape index (κ2) is 6.96. The Hall–Kier alpha value is -1.62. The highest BCUT2D eigenvalue weighted by atomic mass is 19.1. The maximum absolute atomic E-state index is 12.7. The van der Waals surface area contributed by atoms with Gasteiger partial charge in [-0.1, -0.05) is 13.8 Å². The van der Waals surface area contributed by atoms with Crippen LogP contribution in [0.4, 0.5) is 14.9 Å². The number of benzene rings is 1. The molecular weight excluding hydrogens is 235 g/mol. The summed E-state index contributed by atoms with van der Waals surface area (Å²) in [5.74, 6) is -0.114. The highest BCUT2D eigenvalue weighted by Gasteiger charge is 2.15. The number of carbonyl (C=O) groups excluding carboxylic acids is 1. The molecule has 100 valence electrons. The van der Waals surface area contributed by atoms with Crippen LogP contribution >= 0.6 is 0 Å². The van der Waals surface area contributed by atoms with Crippen molar-refractivity contribution in [3.63, 3.8) is 0 Å². The number of amides is 2. The molecule has 0 aliphatic heterocycles. The van der Waals surface area contributed by atoms with Gasteiger partial charge < -0.3 is 15.7 Å². The first-order valence-electron chi connectivity index (χ1n) is 5.97. The first-order chi connectivity index (χ1) is 8.52. The minimum Gasteiger partial charge on any atom is -0.396 e. The third-order valence-corrected chi connectivity index (χ3v) is 2.66. The van der Waals surface area contributed by atoms with Gasteiger partial charge in [-0.3, -0.25) is 0 Å². The van der Waals surface area contributed by atoms with Crippen LogP contribution in [-0.2, 0) is 0 Å². The zero-order valence-electron chi connectivity index (χ0n) is 10.6. The molecule has 1 aromatic rings. The van der Waals surface area contributed by atoms with Crippen molar-refractivity contribution in [3.05, 3.63) is 30.1 Å². The summed E-state index contributed by atoms with van der Waals surface area (Å²) in [5.41, 5.74) is 0.528. The maximum atomic E-state index is 12.7. The quantitative estimate of drug-likeness (QED) is 0.755. The molecule has 0 spiro atoms. The summed E-state index contributed by atoms with van der Waals surface area (Å²) in [6.07, 6.45) is 0.508. The van der Waals surface area contributed by atoms with Crippen molar-refractivity contribution in [1.29, 1.82) is 0 Å². The Morgan fingerprint density at radius 1 is 1.33 bits per heavy atom. The van der Waals surface area contributed by atoms with Crippen LogP contribution in [0.5, 0.6) is 0 Å². The number of aliphatic hydroxyl groups is 1. The van der Waals surface area contributed by atoms with Crippen molar-refractivity contribution in [2.75, 3.05) is 11.9 Å². The normalized spacial score (nSPS) is 12.3. The lowest BCUT2D eigenvalue weighted by Gasteiger charge is -2.21. The third kappa shape index (κ3) is 4.71. The summed E-state index contributed by atoms with van der Waals surface area (Å²) in [4.78, 5) is 11.7. The standard InChI is InChI=1S/C13H19FN2O2/c1-9(2)12(7-8-17)16-13(18)15-11-5-3-10(14)4-6-11/h3-6,9,12,17H,7-8H2,1-2H3,(H2,15,16,18). The van der Waals surface area contributed by atoms with Crippen LogP contribution in [-0.4, -0.2) is 23.8 Å². The summed E-state index contributed by atoms with van der Waals surface area (Å²) >= 11 is 0. The Balaban J connectivity index is 2.52. The Labute approximate surface area is 106 Å². The predicted molar refractivity (Wildman–Crippen MR) is 68.9 cm³/mol. The molecule has 1 rings (SSSR count). The van der Waals surface area contributed by atoms with Crippen molar-refractivity contribution in [2.45, 2.75) is 26.3 Å². The fourth-order valence-electron chi connectivity index (χ4n) is 1.58. The van der Waals surface area contributed by atoms with Crippen LogP contribution in [0.2, 0.25) is 0 Å². The van der Waals surface area contributed by atoms with Crippen LogP contribution in [0, 0.1) is 11.7 Å². The molecule has 0 aliphatic carbocycles. The monoisotopic (exact) mass is 254 g/mol. The van der Waals surface area contributed by atoms with E-state index in [9.17, 15) is 9.18 Å². The lowest BCUT2D eigenvalue weighted by Crippen LogP contribution is -2.41. The van der Waals surface area contributed by atoms with E-state index in [1.807, 2.05) is 13.8 Å². The van der Waals surface area contributed by atoms with Crippen LogP contribution in [0.15, 0.2) is 24.3 Å². The Kier molecular flexibility index (Phi) is 5.58. The molecule has 0 saturated carbocycles. The fraction of sp³-hybridized carbons (Fsp3) is 0.462. The van der Waals surface area contributed by atoms with Crippen molar-refractivity contribution in [3.8, 4) is 0 Å². The smallest absolute Gasteiger partial charge is 0.319 e. The van der Waals surface area contributed by atoms with Crippen LogP contribution < -0.4 is 10.6 Å². The van der Waals surface area contributed by atoms with Crippen LogP contribution in [0.1, 0.15) is 20.3 Å². The van der Waals surface area contributed by atoms with Crippen molar-refractivity contribution < 1.29 is 14.3 Å². The fourth-order valence-corrected chi connectivity index (χ4v) is 1.58. The lowest BCUT2D eigenvalue weighted by molar-refractivity contribution is 0.227. The largest absolute Gasteiger partial charge is 0.396 e. The molecule has 1 atom stereocenters. The molecule has 4 nitrogen and oxygen atoms in total. The topological polar surface area (TPSA) is 61.4 Å². The maximum Gasteiger partial charge on any atom is 0.319 e. The van der Waals surface area contributed by atoms with Gasteiger partial charge in [-0.15, -0.1) is 0 Å². The molecule has 0 heterocycles. The van der Waals surface area contributed by atoms with Crippen molar-refractivity contribution in [1.82, 2.24) is 5.32 Å². The number of nitrogens with one attached hydrogen (secondary N) is 2. The molecule has 1 aromatic carbocycles. The third-order valence-electron chi connectivity index (χ3n) is 2.66. The second-order valence-corrected chi connectivity index (χ2v) is 4.47. The second-order valence-electron chi connectivity index (χ2n) is 4.47. The van der Waals surface area contributed by atoms with E-state index in [0.717, 1.165) is 0 Å². The van der Waals surface area contributed by atoms with E-state index in [1.54, 1.807) is 0 Å². The molecule has 3 N–H and O–H groups in total. The number of halogens is 1. The first kappa shape index (κ1) is 14.4. The molecule has 0 aliphatic rings. The average Bonchev–Trinajstić information content (AvgIpc) is 2.31. The van der Waals surface area contributed by atoms with E-state index in [1.165, 1.54) is 24.3 Å². The van der Waals surface area contributed by atoms with Gasteiger partial charge in [0.15, 0.2) is 0 Å². The van der Waals surface area contributed by atoms with Crippen LogP contribution in [0.3, 0.4) is 0 Å². The lowest BCUT2D eigenvalue weighted by atomic mass is 10.0. The summed E-state index contributed by atoms with van der Waals surface area (Å²) in [6, 6.07) is 5.10. The number of hydrogen-bond donors (Lipinski definition) is 3. The number of hydrogen-bond acceptors (Lipinski definition) is 2. The van der Waals surface area contributed by atoms with E-state index in [0.29, 0.717) is 12.1 Å². The van der Waals surface area contributed by atoms with Gasteiger partial charge in [-0.05, 0) is 36.6 Å². The minimum atomic E-state index is -0.353. The van der Waals surface area contributed by atoms with Gasteiger partial charge in [0, 0.05) is 18.3 Å². The zero-order chi connectivity index (χ0) is 13.5. The Morgan fingerprint density at radius 2 is 1.94 bits per heavy atom. The first-order valence-corrected chi connectivity index (χ1v) is 5.97. The highest BCUT2D eigenvalue weighted by Crippen LogP contribution is 2.09. The van der Waals surface area contributed by atoms with E-state index in [4.69, 9.17) is 5.11 Å². The molecule has 0 saturated heterocycles. The number of carbonyl (C=O) groups is 1. The summed E-state index contributed by atoms with van der Waals surface area (Å²) < 4.78 is 12.7. The van der Waals surface area contributed by atoms with Gasteiger partial charge in [0.2, 0.25) is 0 Å². The molecule has 5 heteroatoms. The van der Waals surface area contributed by atoms with Gasteiger partial charge in [-0.2, -0.15) is 0 Å². The van der Waals surface area contributed by atoms with E-state index >= 15 is 0 Å². The predicted octanol–water partition coefficient (Wildman–Crippen LogP) is 2.35. The van der Waals surface area contributed by atoms with Crippen molar-refractivity contribution in [2.24, 2.45) is 5.92 Å². The summed E-state index contributed by atoms with van der Waals surface area (Å²) in [6.45, 7) is 3.97. The number of anilines is 1. The van der Waals surface area contributed by atoms with Crippen LogP contribution in [0.25, 0.3) is 0 Å². The highest BCUT2D eigenvalue weighted by molar-refractivity contribution is 5.89. The molecule has 0 bridgehead atoms. The Morgan fingerprint density at radius 3 is 2.44 bits per heavy atom. The molecule has 0 aromatic heterocycles. The summed E-state index contributed by atoms with van der Waals surface area (Å²) in [5, 5.41) is 14.3. The van der Waals surface area contributed by atoms with Gasteiger partial charge in [-0.25, -0.2) is 9.18 Å². The van der Waals surface area contributed by atoms with Gasteiger partial charge >= 0.3 is 6.03 Å². The van der Waals surface area contributed by atoms with E-state index in [2.05, 4.69) is 10.6 Å². The van der Waals surface area contributed by atoms with Gasteiger partial charge in [0.05, 0.1) is 0 Å². The van der Waals surface area contributed by atoms with E-state index in [-0.39, 0.29) is 30.4 Å². The SMILES string of the molecule is CC(C)C(CCO)NC(=O)Nc1ccc(F)cc1. The van der Waals surface area contributed by atoms with Gasteiger partial charge in [0.25, 0.3) is 0 Å². The molecule has 1 unspecified atom stereocenters. The van der Waals surface area contributed by atoms with E-state index < -0.39 is 0 Å². The number of rotatable bonds is 5. The number of aliphatic hydroxyl groups excluding tert-OH is 1. The Bertz CT molecular complexity index is 379. The molecule has 2 amide bonds. The molecular formula is C13H19FN2O2. The molecule has 18 heavy (non-hydrogen) atoms. The molecule has 0 fully saturated rings. The number of urea groups is 1. The van der Waals surface area contributed by atoms with Gasteiger partial charge in [0.1, 0.15) is 5.82 Å². The molecule has 0 radical (unpaired) electrons.